The van der Waals surface area contributed by atoms with E-state index in [0.29, 0.717) is 0 Å². The molecule has 0 saturated carbocycles. The third-order valence-corrected chi connectivity index (χ3v) is 8.31. The van der Waals surface area contributed by atoms with Crippen LogP contribution in [0.3, 0.4) is 0 Å². The van der Waals surface area contributed by atoms with Crippen molar-refractivity contribution in [3.63, 3.8) is 0 Å². The largest absolute Gasteiger partial charge is 0.133 e. The highest BCUT2D eigenvalue weighted by Gasteiger charge is 2.16. The molecule has 0 saturated heterocycles. The lowest BCUT2D eigenvalue weighted by molar-refractivity contribution is 1.15. The van der Waals surface area contributed by atoms with E-state index in [1.54, 1.807) is 0 Å². The van der Waals surface area contributed by atoms with Gasteiger partial charge in [0.15, 0.2) is 0 Å². The van der Waals surface area contributed by atoms with Crippen molar-refractivity contribution in [3.8, 4) is 0 Å². The molecule has 5 rings (SSSR count). The topological polar surface area (TPSA) is 0 Å². The summed E-state index contributed by atoms with van der Waals surface area (Å²) in [7, 11) is 0. The maximum atomic E-state index is 2.37. The molecule has 0 spiro atoms. The van der Waals surface area contributed by atoms with Crippen LogP contribution in [-0.2, 0) is 6.42 Å². The number of hydrogen-bond acceptors (Lipinski definition) is 3. The second-order valence-corrected chi connectivity index (χ2v) is 8.93. The minimum absolute atomic E-state index is 1.11. The maximum absolute atomic E-state index is 2.37. The summed E-state index contributed by atoms with van der Waals surface area (Å²) >= 11 is 5.90. The van der Waals surface area contributed by atoms with Crippen LogP contribution in [0.2, 0.25) is 0 Å². The summed E-state index contributed by atoms with van der Waals surface area (Å²) in [5.41, 5.74) is 2.78. The van der Waals surface area contributed by atoms with E-state index >= 15 is 0 Å². The Balaban J connectivity index is 1.94. The van der Waals surface area contributed by atoms with Crippen molar-refractivity contribution in [3.05, 3.63) is 47.5 Å². The van der Waals surface area contributed by atoms with Gasteiger partial charge in [-0.05, 0) is 36.6 Å². The monoisotopic (exact) mass is 338 g/mol. The molecule has 5 aromatic rings. The summed E-state index contributed by atoms with van der Waals surface area (Å²) in [6.07, 6.45) is 1.11. The van der Waals surface area contributed by atoms with Gasteiger partial charge in [-0.1, -0.05) is 31.2 Å². The van der Waals surface area contributed by atoms with E-state index in [9.17, 15) is 0 Å². The van der Waals surface area contributed by atoms with Crippen LogP contribution < -0.4 is 0 Å². The third-order valence-electron chi connectivity index (χ3n) is 4.33. The highest BCUT2D eigenvalue weighted by molar-refractivity contribution is 7.43. The van der Waals surface area contributed by atoms with E-state index in [4.69, 9.17) is 0 Å². The van der Waals surface area contributed by atoms with Gasteiger partial charge in [0.25, 0.3) is 0 Å². The minimum Gasteiger partial charge on any atom is -0.133 e. The predicted molar refractivity (Wildman–Crippen MR) is 104 cm³/mol. The molecular formula is C19H14S3. The van der Waals surface area contributed by atoms with Gasteiger partial charge in [-0.25, -0.2) is 0 Å². The summed E-state index contributed by atoms with van der Waals surface area (Å²) in [5, 5.41) is 2.86. The van der Waals surface area contributed by atoms with Gasteiger partial charge >= 0.3 is 0 Å². The number of hydrogen-bond donors (Lipinski definition) is 0. The van der Waals surface area contributed by atoms with Gasteiger partial charge in [0.1, 0.15) is 0 Å². The second kappa shape index (κ2) is 4.54. The standard InChI is InChI=1S/C19H14S3/c1-3-11-5-7-13-15(9-11)21-19-17(13)22-16-12-6-4-10(2)8-14(12)20-18(16)19/h4-9H,3H2,1-2H3. The van der Waals surface area contributed by atoms with Crippen molar-refractivity contribution in [2.24, 2.45) is 0 Å². The number of rotatable bonds is 1. The predicted octanol–water partition coefficient (Wildman–Crippen LogP) is 7.35. The Morgan fingerprint density at radius 1 is 0.727 bits per heavy atom. The lowest BCUT2D eigenvalue weighted by atomic mass is 10.1. The van der Waals surface area contributed by atoms with Crippen LogP contribution in [0.5, 0.6) is 0 Å². The van der Waals surface area contributed by atoms with Crippen LogP contribution in [-0.4, -0.2) is 0 Å². The molecule has 0 radical (unpaired) electrons. The van der Waals surface area contributed by atoms with Crippen LogP contribution >= 0.6 is 34.0 Å². The molecule has 0 unspecified atom stereocenters. The summed E-state index contributed by atoms with van der Waals surface area (Å²) in [6, 6.07) is 13.8. The quantitative estimate of drug-likeness (QED) is 0.299. The van der Waals surface area contributed by atoms with Crippen molar-refractivity contribution in [1.29, 1.82) is 0 Å². The fraction of sp³-hybridized carbons (Fsp3) is 0.158. The highest BCUT2D eigenvalue weighted by Crippen LogP contribution is 2.50. The lowest BCUT2D eigenvalue weighted by Crippen LogP contribution is -1.76. The van der Waals surface area contributed by atoms with Gasteiger partial charge in [0.2, 0.25) is 0 Å². The molecule has 3 heterocycles. The fourth-order valence-electron chi connectivity index (χ4n) is 3.12. The first-order valence-corrected chi connectivity index (χ1v) is 9.96. The molecule has 0 atom stereocenters. The summed E-state index contributed by atoms with van der Waals surface area (Å²) in [6.45, 7) is 4.40. The third kappa shape index (κ3) is 1.67. The second-order valence-electron chi connectivity index (χ2n) is 5.81. The molecule has 3 aromatic heterocycles. The summed E-state index contributed by atoms with van der Waals surface area (Å²) in [5.74, 6) is 0. The molecule has 22 heavy (non-hydrogen) atoms. The van der Waals surface area contributed by atoms with Crippen LogP contribution in [0, 0.1) is 6.92 Å². The van der Waals surface area contributed by atoms with E-state index in [1.165, 1.54) is 50.1 Å². The van der Waals surface area contributed by atoms with E-state index < -0.39 is 0 Å². The van der Waals surface area contributed by atoms with Crippen molar-refractivity contribution >= 4 is 73.0 Å². The van der Waals surface area contributed by atoms with Crippen molar-refractivity contribution in [2.45, 2.75) is 20.3 Å². The van der Waals surface area contributed by atoms with Crippen molar-refractivity contribution in [1.82, 2.24) is 0 Å². The number of aryl methyl sites for hydroxylation is 2. The molecule has 0 fully saturated rings. The van der Waals surface area contributed by atoms with E-state index in [2.05, 4.69) is 50.2 Å². The SMILES string of the molecule is CCc1ccc2c(c1)sc1c2sc2c3ccc(C)cc3sc21. The molecule has 0 aliphatic carbocycles. The minimum atomic E-state index is 1.11. The molecule has 0 N–H and O–H groups in total. The Kier molecular flexibility index (Phi) is 2.70. The Morgan fingerprint density at radius 2 is 1.36 bits per heavy atom. The van der Waals surface area contributed by atoms with Gasteiger partial charge in [-0.2, -0.15) is 0 Å². The lowest BCUT2D eigenvalue weighted by Gasteiger charge is -1.95. The zero-order chi connectivity index (χ0) is 14.8. The van der Waals surface area contributed by atoms with Gasteiger partial charge in [-0.3, -0.25) is 0 Å². The van der Waals surface area contributed by atoms with Gasteiger partial charge in [-0.15, -0.1) is 34.0 Å². The molecule has 0 amide bonds. The van der Waals surface area contributed by atoms with Crippen LogP contribution in [0.25, 0.3) is 39.0 Å². The molecule has 0 aliphatic heterocycles. The van der Waals surface area contributed by atoms with Crippen LogP contribution in [0.1, 0.15) is 18.1 Å². The first-order valence-electron chi connectivity index (χ1n) is 7.51. The average molecular weight is 339 g/mol. The van der Waals surface area contributed by atoms with E-state index in [0.717, 1.165) is 6.42 Å². The molecule has 0 aliphatic rings. The molecule has 3 heteroatoms. The van der Waals surface area contributed by atoms with Crippen LogP contribution in [0.4, 0.5) is 0 Å². The molecule has 0 bridgehead atoms. The number of thiophene rings is 3. The normalized spacial score (nSPS) is 12.3. The zero-order valence-corrected chi connectivity index (χ0v) is 14.8. The maximum Gasteiger partial charge on any atom is 0.0642 e. The van der Waals surface area contributed by atoms with E-state index in [1.807, 2.05) is 34.0 Å². The van der Waals surface area contributed by atoms with Gasteiger partial charge < -0.3 is 0 Å². The van der Waals surface area contributed by atoms with Crippen molar-refractivity contribution < 1.29 is 0 Å². The molecule has 2 aromatic carbocycles. The smallest absolute Gasteiger partial charge is 0.0642 e. The summed E-state index contributed by atoms with van der Waals surface area (Å²) < 4.78 is 8.79. The number of fused-ring (bicyclic) bond motifs is 7. The van der Waals surface area contributed by atoms with Crippen molar-refractivity contribution in [2.75, 3.05) is 0 Å². The zero-order valence-electron chi connectivity index (χ0n) is 12.4. The Bertz CT molecular complexity index is 1170. The van der Waals surface area contributed by atoms with E-state index in [-0.39, 0.29) is 0 Å². The first kappa shape index (κ1) is 13.1. The molecule has 108 valence electrons. The first-order chi connectivity index (χ1) is 10.7. The Hall–Kier alpha value is -1.42. The number of benzene rings is 2. The Labute approximate surface area is 140 Å². The van der Waals surface area contributed by atoms with Crippen LogP contribution in [0.15, 0.2) is 36.4 Å². The van der Waals surface area contributed by atoms with Gasteiger partial charge in [0, 0.05) is 20.2 Å². The average Bonchev–Trinajstić information content (AvgIpc) is 3.14. The Morgan fingerprint density at radius 3 is 2.05 bits per heavy atom. The summed E-state index contributed by atoms with van der Waals surface area (Å²) in [4.78, 5) is 0. The molecular weight excluding hydrogens is 324 g/mol. The van der Waals surface area contributed by atoms with Gasteiger partial charge in [0.05, 0.1) is 18.8 Å². The molecule has 0 nitrogen and oxygen atoms in total. The highest BCUT2D eigenvalue weighted by atomic mass is 32.1. The fourth-order valence-corrected chi connectivity index (χ4v) is 7.55.